The zero-order valence-corrected chi connectivity index (χ0v) is 17.5. The van der Waals surface area contributed by atoms with Crippen molar-refractivity contribution in [3.8, 4) is 11.5 Å². The second-order valence-electron chi connectivity index (χ2n) is 8.24. The van der Waals surface area contributed by atoms with Gasteiger partial charge in [-0.05, 0) is 55.8 Å². The van der Waals surface area contributed by atoms with Crippen LogP contribution in [0.2, 0.25) is 0 Å². The summed E-state index contributed by atoms with van der Waals surface area (Å²) in [5, 5.41) is 11.6. The van der Waals surface area contributed by atoms with Crippen molar-refractivity contribution in [1.82, 2.24) is 0 Å². The molecule has 0 aromatic heterocycles. The Morgan fingerprint density at radius 1 is 1.00 bits per heavy atom. The maximum Gasteiger partial charge on any atom is 0.314 e. The van der Waals surface area contributed by atoms with Gasteiger partial charge in [0, 0.05) is 23.0 Å². The molecule has 3 aromatic carbocycles. The maximum atomic E-state index is 11.6. The quantitative estimate of drug-likeness (QED) is 0.398. The number of fused-ring (bicyclic) bond motifs is 2. The van der Waals surface area contributed by atoms with Gasteiger partial charge >= 0.3 is 5.69 Å². The van der Waals surface area contributed by atoms with Crippen LogP contribution in [0, 0.1) is 10.1 Å². The fourth-order valence-corrected chi connectivity index (χ4v) is 4.75. The normalized spacial score (nSPS) is 20.2. The van der Waals surface area contributed by atoms with Crippen LogP contribution in [0.1, 0.15) is 25.0 Å². The summed E-state index contributed by atoms with van der Waals surface area (Å²) in [6.07, 6.45) is 4.02. The summed E-state index contributed by atoms with van der Waals surface area (Å²) in [4.78, 5) is 13.3. The van der Waals surface area contributed by atoms with Crippen LogP contribution in [0.3, 0.4) is 0 Å². The Morgan fingerprint density at radius 2 is 1.71 bits per heavy atom. The average Bonchev–Trinajstić information content (AvgIpc) is 2.97. The zero-order chi connectivity index (χ0) is 21.8. The molecule has 1 spiro atoms. The lowest BCUT2D eigenvalue weighted by Crippen LogP contribution is -2.57. The summed E-state index contributed by atoms with van der Waals surface area (Å²) in [5.41, 5.74) is 2.36. The molecule has 3 aromatic rings. The Hall–Kier alpha value is -3.80. The number of anilines is 2. The number of para-hydroxylation sites is 2. The van der Waals surface area contributed by atoms with Crippen molar-refractivity contribution in [3.05, 3.63) is 94.0 Å². The number of rotatable bonds is 3. The molecule has 0 bridgehead atoms. The summed E-state index contributed by atoms with van der Waals surface area (Å²) in [6.45, 7) is 4.27. The molecule has 5 rings (SSSR count). The number of nitro benzene ring substituents is 1. The lowest BCUT2D eigenvalue weighted by Gasteiger charge is -2.47. The standard InChI is InChI=1S/C25H22N2O4/c1-24(2)19-11-7-8-12-20(19)26(18-9-5-4-6-10-18)25(24)16-15-17-13-14-21(27(28)29)23(30-3)22(17)31-25/h4-16H,1-3H3. The number of benzene rings is 3. The highest BCUT2D eigenvalue weighted by molar-refractivity contribution is 5.81. The van der Waals surface area contributed by atoms with E-state index in [2.05, 4.69) is 30.9 Å². The van der Waals surface area contributed by atoms with Gasteiger partial charge in [0.25, 0.3) is 0 Å². The molecule has 6 nitrogen and oxygen atoms in total. The third-order valence-corrected chi connectivity index (χ3v) is 6.33. The zero-order valence-electron chi connectivity index (χ0n) is 17.5. The molecule has 0 saturated heterocycles. The Balaban J connectivity index is 1.78. The van der Waals surface area contributed by atoms with Crippen LogP contribution in [0.5, 0.6) is 11.5 Å². The molecule has 1 atom stereocenters. The monoisotopic (exact) mass is 414 g/mol. The number of ether oxygens (including phenoxy) is 2. The third kappa shape index (κ3) is 2.51. The van der Waals surface area contributed by atoms with Gasteiger partial charge in [0.05, 0.1) is 17.4 Å². The lowest BCUT2D eigenvalue weighted by molar-refractivity contribution is -0.385. The third-order valence-electron chi connectivity index (χ3n) is 6.33. The van der Waals surface area contributed by atoms with Crippen LogP contribution >= 0.6 is 0 Å². The van der Waals surface area contributed by atoms with E-state index in [1.54, 1.807) is 6.07 Å². The largest absolute Gasteiger partial charge is 0.488 e. The Bertz CT molecular complexity index is 1220. The topological polar surface area (TPSA) is 64.8 Å². The van der Waals surface area contributed by atoms with E-state index in [1.165, 1.54) is 13.2 Å². The molecule has 0 N–H and O–H groups in total. The minimum Gasteiger partial charge on any atom is -0.488 e. The molecule has 2 aliphatic rings. The lowest BCUT2D eigenvalue weighted by atomic mass is 9.76. The van der Waals surface area contributed by atoms with Gasteiger partial charge in [-0.25, -0.2) is 0 Å². The van der Waals surface area contributed by atoms with Gasteiger partial charge in [0.1, 0.15) is 0 Å². The van der Waals surface area contributed by atoms with E-state index < -0.39 is 16.1 Å². The predicted octanol–water partition coefficient (Wildman–Crippen LogP) is 5.83. The number of nitrogens with zero attached hydrogens (tertiary/aromatic N) is 2. The summed E-state index contributed by atoms with van der Waals surface area (Å²) >= 11 is 0. The number of nitro groups is 1. The average molecular weight is 414 g/mol. The molecule has 156 valence electrons. The van der Waals surface area contributed by atoms with Crippen molar-refractivity contribution in [2.24, 2.45) is 0 Å². The summed E-state index contributed by atoms with van der Waals surface area (Å²) in [7, 11) is 1.43. The summed E-state index contributed by atoms with van der Waals surface area (Å²) < 4.78 is 12.2. The van der Waals surface area contributed by atoms with Crippen LogP contribution < -0.4 is 14.4 Å². The summed E-state index contributed by atoms with van der Waals surface area (Å²) in [5.74, 6) is 0.506. The smallest absolute Gasteiger partial charge is 0.314 e. The number of hydrogen-bond donors (Lipinski definition) is 0. The van der Waals surface area contributed by atoms with Crippen molar-refractivity contribution in [2.75, 3.05) is 12.0 Å². The van der Waals surface area contributed by atoms with Crippen molar-refractivity contribution < 1.29 is 14.4 Å². The van der Waals surface area contributed by atoms with Crippen LogP contribution in [-0.4, -0.2) is 17.8 Å². The SMILES string of the molecule is COc1c([N+](=O)[O-])ccc2c1OC1(C=C2)N(c2ccccc2)c2ccccc2C1(C)C. The Labute approximate surface area is 180 Å². The van der Waals surface area contributed by atoms with Crippen molar-refractivity contribution in [3.63, 3.8) is 0 Å². The molecule has 0 aliphatic carbocycles. The van der Waals surface area contributed by atoms with E-state index in [0.717, 1.165) is 22.5 Å². The molecule has 0 radical (unpaired) electrons. The molecule has 0 saturated carbocycles. The first-order valence-electron chi connectivity index (χ1n) is 10.1. The minimum atomic E-state index is -0.937. The highest BCUT2D eigenvalue weighted by Gasteiger charge is 2.59. The number of hydrogen-bond acceptors (Lipinski definition) is 5. The summed E-state index contributed by atoms with van der Waals surface area (Å²) in [6, 6.07) is 21.4. The van der Waals surface area contributed by atoms with Crippen LogP contribution in [0.25, 0.3) is 6.08 Å². The van der Waals surface area contributed by atoms with E-state index in [1.807, 2.05) is 54.6 Å². The first-order valence-corrected chi connectivity index (χ1v) is 10.1. The molecule has 0 fully saturated rings. The molecule has 6 heteroatoms. The van der Waals surface area contributed by atoms with E-state index in [9.17, 15) is 10.1 Å². The van der Waals surface area contributed by atoms with Crippen LogP contribution in [0.15, 0.2) is 72.8 Å². The molecule has 0 amide bonds. The molecular weight excluding hydrogens is 392 g/mol. The molecule has 2 aliphatic heterocycles. The maximum absolute atomic E-state index is 11.6. The fourth-order valence-electron chi connectivity index (χ4n) is 4.75. The highest BCUT2D eigenvalue weighted by atomic mass is 16.6. The van der Waals surface area contributed by atoms with Gasteiger partial charge in [-0.15, -0.1) is 0 Å². The molecule has 2 heterocycles. The van der Waals surface area contributed by atoms with Crippen molar-refractivity contribution >= 4 is 23.1 Å². The minimum absolute atomic E-state index is 0.119. The van der Waals surface area contributed by atoms with Gasteiger partial charge in [0.2, 0.25) is 11.5 Å². The van der Waals surface area contributed by atoms with Crippen LogP contribution in [-0.2, 0) is 5.41 Å². The van der Waals surface area contributed by atoms with E-state index in [4.69, 9.17) is 9.47 Å². The van der Waals surface area contributed by atoms with Gasteiger partial charge in [0.15, 0.2) is 5.75 Å². The Kier molecular flexibility index (Phi) is 4.09. The van der Waals surface area contributed by atoms with Crippen molar-refractivity contribution in [1.29, 1.82) is 0 Å². The predicted molar refractivity (Wildman–Crippen MR) is 120 cm³/mol. The number of methoxy groups -OCH3 is 1. The van der Waals surface area contributed by atoms with Crippen molar-refractivity contribution in [2.45, 2.75) is 25.0 Å². The van der Waals surface area contributed by atoms with Gasteiger partial charge in [-0.3, -0.25) is 15.0 Å². The van der Waals surface area contributed by atoms with Gasteiger partial charge < -0.3 is 9.47 Å². The molecular formula is C25H22N2O4. The fraction of sp³-hybridized carbons (Fsp3) is 0.200. The second-order valence-corrected chi connectivity index (χ2v) is 8.24. The van der Waals surface area contributed by atoms with E-state index >= 15 is 0 Å². The highest BCUT2D eigenvalue weighted by Crippen LogP contribution is 2.59. The first-order chi connectivity index (χ1) is 14.9. The first kappa shape index (κ1) is 19.2. The van der Waals surface area contributed by atoms with Gasteiger partial charge in [-0.2, -0.15) is 0 Å². The second kappa shape index (κ2) is 6.60. The molecule has 1 unspecified atom stereocenters. The van der Waals surface area contributed by atoms with E-state index in [0.29, 0.717) is 5.75 Å². The van der Waals surface area contributed by atoms with Crippen LogP contribution in [0.4, 0.5) is 17.1 Å². The van der Waals surface area contributed by atoms with E-state index in [-0.39, 0.29) is 11.4 Å². The Morgan fingerprint density at radius 3 is 2.42 bits per heavy atom. The van der Waals surface area contributed by atoms with Gasteiger partial charge in [-0.1, -0.05) is 36.4 Å². The molecule has 31 heavy (non-hydrogen) atoms.